The van der Waals surface area contributed by atoms with Crippen LogP contribution in [0, 0.1) is 0 Å². The Kier molecular flexibility index (Phi) is 7.17. The van der Waals surface area contributed by atoms with Gasteiger partial charge in [-0.25, -0.2) is 0 Å². The lowest BCUT2D eigenvalue weighted by molar-refractivity contribution is -0.130. The summed E-state index contributed by atoms with van der Waals surface area (Å²) in [5, 5.41) is 0. The topological polar surface area (TPSA) is 68.3 Å². The lowest BCUT2D eigenvalue weighted by atomic mass is 10.1. The van der Waals surface area contributed by atoms with Gasteiger partial charge in [-0.3, -0.25) is 9.59 Å². The van der Waals surface area contributed by atoms with Crippen molar-refractivity contribution in [3.05, 3.63) is 48.0 Å². The van der Waals surface area contributed by atoms with E-state index in [1.807, 2.05) is 42.5 Å². The first-order valence-electron chi connectivity index (χ1n) is 10.0. The van der Waals surface area contributed by atoms with Gasteiger partial charge in [0.2, 0.25) is 5.91 Å². The van der Waals surface area contributed by atoms with Gasteiger partial charge >= 0.3 is 0 Å². The van der Waals surface area contributed by atoms with Crippen LogP contribution in [0.4, 0.5) is 5.69 Å². The summed E-state index contributed by atoms with van der Waals surface area (Å²) in [5.41, 5.74) is 1.84. The molecule has 1 heterocycles. The molecule has 0 atom stereocenters. The molecular formula is C23H28N2O5. The number of nitrogens with zero attached hydrogens (tertiary/aromatic N) is 2. The summed E-state index contributed by atoms with van der Waals surface area (Å²) >= 11 is 0. The fourth-order valence-electron chi connectivity index (χ4n) is 3.44. The number of ether oxygens (including phenoxy) is 3. The van der Waals surface area contributed by atoms with Crippen LogP contribution in [0.3, 0.4) is 0 Å². The Morgan fingerprint density at radius 1 is 1.13 bits per heavy atom. The quantitative estimate of drug-likeness (QED) is 0.634. The zero-order valence-electron chi connectivity index (χ0n) is 17.7. The summed E-state index contributed by atoms with van der Waals surface area (Å²) in [4.78, 5) is 28.2. The number of para-hydroxylation sites is 2. The highest BCUT2D eigenvalue weighted by atomic mass is 16.5. The van der Waals surface area contributed by atoms with Crippen LogP contribution in [0.25, 0.3) is 0 Å². The van der Waals surface area contributed by atoms with Gasteiger partial charge in [-0.15, -0.1) is 0 Å². The van der Waals surface area contributed by atoms with E-state index in [0.29, 0.717) is 43.2 Å². The van der Waals surface area contributed by atoms with Crippen molar-refractivity contribution in [2.45, 2.75) is 19.3 Å². The number of fused-ring (bicyclic) bond motifs is 1. The van der Waals surface area contributed by atoms with Gasteiger partial charge in [-0.1, -0.05) is 18.2 Å². The van der Waals surface area contributed by atoms with Crippen LogP contribution in [0.1, 0.15) is 18.4 Å². The summed E-state index contributed by atoms with van der Waals surface area (Å²) in [6.45, 7) is 1.14. The monoisotopic (exact) mass is 412 g/mol. The standard InChI is InChI=1S/C23H28N2O5/c1-24(14-12-17-10-11-20(28-2)21(15-17)29-3)22(26)9-6-13-25-18-7-4-5-8-19(18)30-16-23(25)27/h4-5,7-8,10-11,15H,6,9,12-14,16H2,1-3H3. The van der Waals surface area contributed by atoms with E-state index in [-0.39, 0.29) is 18.4 Å². The van der Waals surface area contributed by atoms with Gasteiger partial charge in [0.25, 0.3) is 5.91 Å². The van der Waals surface area contributed by atoms with Crippen LogP contribution in [0.15, 0.2) is 42.5 Å². The van der Waals surface area contributed by atoms with Crippen LogP contribution in [-0.4, -0.2) is 57.7 Å². The van der Waals surface area contributed by atoms with Gasteiger partial charge in [0, 0.05) is 26.6 Å². The van der Waals surface area contributed by atoms with E-state index in [0.717, 1.165) is 17.7 Å². The molecule has 0 fully saturated rings. The third-order valence-corrected chi connectivity index (χ3v) is 5.19. The molecule has 0 unspecified atom stereocenters. The minimum atomic E-state index is -0.0806. The zero-order valence-corrected chi connectivity index (χ0v) is 17.7. The van der Waals surface area contributed by atoms with E-state index in [4.69, 9.17) is 14.2 Å². The first-order chi connectivity index (χ1) is 14.5. The molecule has 2 amide bonds. The van der Waals surface area contributed by atoms with Crippen molar-refractivity contribution in [1.29, 1.82) is 0 Å². The number of carbonyl (C=O) groups excluding carboxylic acids is 2. The van der Waals surface area contributed by atoms with Crippen LogP contribution in [0.5, 0.6) is 17.2 Å². The highest BCUT2D eigenvalue weighted by Gasteiger charge is 2.24. The molecule has 7 heteroatoms. The highest BCUT2D eigenvalue weighted by Crippen LogP contribution is 2.31. The Morgan fingerprint density at radius 2 is 1.90 bits per heavy atom. The lowest BCUT2D eigenvalue weighted by Gasteiger charge is -2.29. The minimum absolute atomic E-state index is 0.0379. The maximum Gasteiger partial charge on any atom is 0.265 e. The average molecular weight is 412 g/mol. The maximum atomic E-state index is 12.5. The van der Waals surface area contributed by atoms with Gasteiger partial charge in [0.1, 0.15) is 5.75 Å². The Morgan fingerprint density at radius 3 is 2.67 bits per heavy atom. The molecular weight excluding hydrogens is 384 g/mol. The van der Waals surface area contributed by atoms with E-state index in [1.54, 1.807) is 31.1 Å². The first-order valence-corrected chi connectivity index (χ1v) is 10.0. The van der Waals surface area contributed by atoms with Gasteiger partial charge in [-0.2, -0.15) is 0 Å². The molecule has 7 nitrogen and oxygen atoms in total. The van der Waals surface area contributed by atoms with E-state index in [2.05, 4.69) is 0 Å². The largest absolute Gasteiger partial charge is 0.493 e. The fourth-order valence-corrected chi connectivity index (χ4v) is 3.44. The Hall–Kier alpha value is -3.22. The predicted molar refractivity (Wildman–Crippen MR) is 114 cm³/mol. The van der Waals surface area contributed by atoms with Crippen molar-refractivity contribution in [3.8, 4) is 17.2 Å². The molecule has 30 heavy (non-hydrogen) atoms. The molecule has 0 spiro atoms. The van der Waals surface area contributed by atoms with Gasteiger partial charge in [0.15, 0.2) is 18.1 Å². The summed E-state index contributed by atoms with van der Waals surface area (Å²) < 4.78 is 16.0. The number of carbonyl (C=O) groups is 2. The predicted octanol–water partition coefficient (Wildman–Crippen LogP) is 2.91. The Balaban J connectivity index is 1.48. The molecule has 1 aliphatic heterocycles. The van der Waals surface area contributed by atoms with E-state index in [1.165, 1.54) is 0 Å². The number of hydrogen-bond donors (Lipinski definition) is 0. The molecule has 0 saturated heterocycles. The number of anilines is 1. The molecule has 0 aromatic heterocycles. The number of hydrogen-bond acceptors (Lipinski definition) is 5. The first kappa shape index (κ1) is 21.5. The number of methoxy groups -OCH3 is 2. The zero-order chi connectivity index (χ0) is 21.5. The normalized spacial score (nSPS) is 12.8. The second-order valence-corrected chi connectivity index (χ2v) is 7.16. The minimum Gasteiger partial charge on any atom is -0.493 e. The molecule has 0 radical (unpaired) electrons. The van der Waals surface area contributed by atoms with Crippen molar-refractivity contribution in [2.24, 2.45) is 0 Å². The van der Waals surface area contributed by atoms with Crippen molar-refractivity contribution < 1.29 is 23.8 Å². The van der Waals surface area contributed by atoms with Crippen LogP contribution < -0.4 is 19.1 Å². The Bertz CT molecular complexity index is 899. The van der Waals surface area contributed by atoms with Gasteiger partial charge in [0.05, 0.1) is 19.9 Å². The summed E-state index contributed by atoms with van der Waals surface area (Å²) in [5.74, 6) is 2.05. The van der Waals surface area contributed by atoms with E-state index < -0.39 is 0 Å². The second kappa shape index (κ2) is 10.0. The van der Waals surface area contributed by atoms with Crippen molar-refractivity contribution in [3.63, 3.8) is 0 Å². The third kappa shape index (κ3) is 5.03. The second-order valence-electron chi connectivity index (χ2n) is 7.16. The Labute approximate surface area is 177 Å². The van der Waals surface area contributed by atoms with Crippen molar-refractivity contribution in [1.82, 2.24) is 4.90 Å². The van der Waals surface area contributed by atoms with Gasteiger partial charge < -0.3 is 24.0 Å². The van der Waals surface area contributed by atoms with E-state index >= 15 is 0 Å². The van der Waals surface area contributed by atoms with Crippen LogP contribution in [0.2, 0.25) is 0 Å². The number of amides is 2. The fraction of sp³-hybridized carbons (Fsp3) is 0.391. The van der Waals surface area contributed by atoms with Gasteiger partial charge in [-0.05, 0) is 42.7 Å². The molecule has 1 aliphatic rings. The average Bonchev–Trinajstić information content (AvgIpc) is 2.78. The number of likely N-dealkylation sites (N-methyl/N-ethyl adjacent to an activating group) is 1. The highest BCUT2D eigenvalue weighted by molar-refractivity contribution is 5.97. The summed E-state index contributed by atoms with van der Waals surface area (Å²) in [6, 6.07) is 13.2. The molecule has 160 valence electrons. The van der Waals surface area contributed by atoms with Crippen molar-refractivity contribution >= 4 is 17.5 Å². The molecule has 0 aliphatic carbocycles. The molecule has 3 rings (SSSR count). The van der Waals surface area contributed by atoms with Crippen LogP contribution >= 0.6 is 0 Å². The maximum absolute atomic E-state index is 12.5. The smallest absolute Gasteiger partial charge is 0.265 e. The summed E-state index contributed by atoms with van der Waals surface area (Å²) in [7, 11) is 5.01. The van der Waals surface area contributed by atoms with E-state index in [9.17, 15) is 9.59 Å². The number of rotatable bonds is 9. The molecule has 0 N–H and O–H groups in total. The van der Waals surface area contributed by atoms with Crippen LogP contribution in [-0.2, 0) is 16.0 Å². The number of benzene rings is 2. The molecule has 0 bridgehead atoms. The summed E-state index contributed by atoms with van der Waals surface area (Å²) in [6.07, 6.45) is 1.70. The van der Waals surface area contributed by atoms with Crippen molar-refractivity contribution in [2.75, 3.05) is 45.9 Å². The molecule has 0 saturated carbocycles. The molecule has 2 aromatic rings. The lowest BCUT2D eigenvalue weighted by Crippen LogP contribution is -2.39. The third-order valence-electron chi connectivity index (χ3n) is 5.19. The molecule has 2 aromatic carbocycles. The SMILES string of the molecule is COc1ccc(CCN(C)C(=O)CCCN2C(=O)COc3ccccc32)cc1OC.